The molecule has 0 fully saturated rings. The minimum Gasteiger partial charge on any atom is -0.351 e. The second kappa shape index (κ2) is 6.96. The zero-order chi connectivity index (χ0) is 14.7. The highest BCUT2D eigenvalue weighted by Gasteiger charge is 2.19. The molecule has 0 saturated carbocycles. The molecule has 1 aromatic heterocycles. The van der Waals surface area contributed by atoms with Gasteiger partial charge in [-0.2, -0.15) is 0 Å². The summed E-state index contributed by atoms with van der Waals surface area (Å²) < 4.78 is 0.805. The number of hydrogen-bond donors (Lipinski definition) is 2. The van der Waals surface area contributed by atoms with E-state index in [1.807, 2.05) is 0 Å². The normalized spacial score (nSPS) is 11.0. The standard InChI is InChI=1S/C13H13Cl3N2OS/c14-7-5-8(15)10-9(6-7)20-12(11(10)16)13(19)18-4-2-1-3-17/h5-6H,1-4,17H2,(H,18,19). The van der Waals surface area contributed by atoms with Gasteiger partial charge in [0.1, 0.15) is 4.88 Å². The molecule has 1 aromatic carbocycles. The Morgan fingerprint density at radius 3 is 2.70 bits per heavy atom. The third-order valence-corrected chi connectivity index (χ3v) is 4.91. The van der Waals surface area contributed by atoms with Crippen LogP contribution in [0.2, 0.25) is 15.1 Å². The number of thiophene rings is 1. The molecule has 0 aliphatic carbocycles. The van der Waals surface area contributed by atoms with E-state index in [4.69, 9.17) is 40.5 Å². The number of carbonyl (C=O) groups is 1. The lowest BCUT2D eigenvalue weighted by atomic mass is 10.2. The first-order valence-corrected chi connectivity index (χ1v) is 8.05. The smallest absolute Gasteiger partial charge is 0.262 e. The fourth-order valence-electron chi connectivity index (χ4n) is 1.81. The van der Waals surface area contributed by atoms with Crippen LogP contribution in [0.1, 0.15) is 22.5 Å². The van der Waals surface area contributed by atoms with Crippen molar-refractivity contribution in [2.75, 3.05) is 13.1 Å². The second-order valence-corrected chi connectivity index (χ2v) is 6.53. The van der Waals surface area contributed by atoms with Gasteiger partial charge in [0.2, 0.25) is 0 Å². The summed E-state index contributed by atoms with van der Waals surface area (Å²) in [5.74, 6) is -0.194. The SMILES string of the molecule is NCCCCNC(=O)c1sc2cc(Cl)cc(Cl)c2c1Cl. The first-order chi connectivity index (χ1) is 9.54. The van der Waals surface area contributed by atoms with Gasteiger partial charge < -0.3 is 11.1 Å². The van der Waals surface area contributed by atoms with Crippen LogP contribution in [0, 0.1) is 0 Å². The number of amides is 1. The summed E-state index contributed by atoms with van der Waals surface area (Å²) in [7, 11) is 0. The molecule has 20 heavy (non-hydrogen) atoms. The molecule has 0 radical (unpaired) electrons. The first-order valence-electron chi connectivity index (χ1n) is 6.10. The lowest BCUT2D eigenvalue weighted by Gasteiger charge is -2.03. The summed E-state index contributed by atoms with van der Waals surface area (Å²) in [4.78, 5) is 12.6. The van der Waals surface area contributed by atoms with Crippen LogP contribution in [-0.4, -0.2) is 19.0 Å². The van der Waals surface area contributed by atoms with E-state index in [1.54, 1.807) is 12.1 Å². The molecule has 3 N–H and O–H groups in total. The molecular weight excluding hydrogens is 339 g/mol. The van der Waals surface area contributed by atoms with Gasteiger partial charge in [0.25, 0.3) is 5.91 Å². The second-order valence-electron chi connectivity index (χ2n) is 4.26. The maximum Gasteiger partial charge on any atom is 0.262 e. The van der Waals surface area contributed by atoms with Crippen molar-refractivity contribution in [1.82, 2.24) is 5.32 Å². The van der Waals surface area contributed by atoms with Crippen molar-refractivity contribution in [1.29, 1.82) is 0 Å². The Bertz CT molecular complexity index is 642. The molecule has 3 nitrogen and oxygen atoms in total. The Kier molecular flexibility index (Phi) is 5.52. The molecule has 7 heteroatoms. The highest BCUT2D eigenvalue weighted by molar-refractivity contribution is 7.21. The van der Waals surface area contributed by atoms with Gasteiger partial charge in [-0.25, -0.2) is 0 Å². The van der Waals surface area contributed by atoms with Crippen molar-refractivity contribution in [2.45, 2.75) is 12.8 Å². The molecule has 2 rings (SSSR count). The van der Waals surface area contributed by atoms with Gasteiger partial charge in [-0.15, -0.1) is 11.3 Å². The van der Waals surface area contributed by atoms with E-state index in [1.165, 1.54) is 11.3 Å². The average Bonchev–Trinajstić information content (AvgIpc) is 2.71. The number of carbonyl (C=O) groups excluding carboxylic acids is 1. The van der Waals surface area contributed by atoms with Crippen molar-refractivity contribution in [3.8, 4) is 0 Å². The van der Waals surface area contributed by atoms with Crippen LogP contribution >= 0.6 is 46.1 Å². The average molecular weight is 352 g/mol. The van der Waals surface area contributed by atoms with Crippen LogP contribution in [0.5, 0.6) is 0 Å². The number of halogens is 3. The van der Waals surface area contributed by atoms with E-state index in [-0.39, 0.29) is 5.91 Å². The Morgan fingerprint density at radius 1 is 1.25 bits per heavy atom. The molecule has 0 saturated heterocycles. The highest BCUT2D eigenvalue weighted by Crippen LogP contribution is 2.41. The van der Waals surface area contributed by atoms with Gasteiger partial charge in [-0.3, -0.25) is 4.79 Å². The Morgan fingerprint density at radius 2 is 2.00 bits per heavy atom. The zero-order valence-corrected chi connectivity index (χ0v) is 13.6. The molecule has 1 heterocycles. The minimum atomic E-state index is -0.194. The summed E-state index contributed by atoms with van der Waals surface area (Å²) in [6.45, 7) is 1.20. The molecule has 0 bridgehead atoms. The molecule has 1 amide bonds. The number of nitrogens with one attached hydrogen (secondary N) is 1. The zero-order valence-electron chi connectivity index (χ0n) is 10.5. The lowest BCUT2D eigenvalue weighted by Crippen LogP contribution is -2.24. The van der Waals surface area contributed by atoms with Crippen molar-refractivity contribution in [3.05, 3.63) is 32.1 Å². The predicted molar refractivity (Wildman–Crippen MR) is 87.5 cm³/mol. The third-order valence-electron chi connectivity index (χ3n) is 2.77. The van der Waals surface area contributed by atoms with Gasteiger partial charge in [0.15, 0.2) is 0 Å². The molecule has 0 spiro atoms. The Labute approximate surface area is 136 Å². The molecule has 0 atom stereocenters. The molecular formula is C13H13Cl3N2OS. The summed E-state index contributed by atoms with van der Waals surface area (Å²) in [5.41, 5.74) is 5.40. The fraction of sp³-hybridized carbons (Fsp3) is 0.308. The quantitative estimate of drug-likeness (QED) is 0.788. The van der Waals surface area contributed by atoms with Crippen LogP contribution in [0.3, 0.4) is 0 Å². The van der Waals surface area contributed by atoms with Crippen molar-refractivity contribution in [3.63, 3.8) is 0 Å². The highest BCUT2D eigenvalue weighted by atomic mass is 35.5. The Balaban J connectivity index is 2.24. The summed E-state index contributed by atoms with van der Waals surface area (Å²) in [6.07, 6.45) is 1.72. The van der Waals surface area contributed by atoms with Gasteiger partial charge in [-0.05, 0) is 31.5 Å². The van der Waals surface area contributed by atoms with Gasteiger partial charge >= 0.3 is 0 Å². The number of rotatable bonds is 5. The predicted octanol–water partition coefficient (Wildman–Crippen LogP) is 4.33. The first kappa shape index (κ1) is 15.9. The van der Waals surface area contributed by atoms with Crippen molar-refractivity contribution in [2.24, 2.45) is 5.73 Å². The summed E-state index contributed by atoms with van der Waals surface area (Å²) >= 11 is 19.6. The maximum absolute atomic E-state index is 12.1. The molecule has 0 unspecified atom stereocenters. The van der Waals surface area contributed by atoms with Gasteiger partial charge in [0, 0.05) is 21.7 Å². The number of hydrogen-bond acceptors (Lipinski definition) is 3. The van der Waals surface area contributed by atoms with Crippen LogP contribution in [-0.2, 0) is 0 Å². The van der Waals surface area contributed by atoms with E-state index in [2.05, 4.69) is 5.32 Å². The monoisotopic (exact) mass is 350 g/mol. The van der Waals surface area contributed by atoms with Gasteiger partial charge in [0.05, 0.1) is 10.0 Å². The van der Waals surface area contributed by atoms with E-state index in [9.17, 15) is 4.79 Å². The molecule has 108 valence electrons. The number of nitrogens with two attached hydrogens (primary N) is 1. The molecule has 2 aromatic rings. The number of unbranched alkanes of at least 4 members (excludes halogenated alkanes) is 1. The maximum atomic E-state index is 12.1. The van der Waals surface area contributed by atoms with Crippen LogP contribution in [0.25, 0.3) is 10.1 Å². The minimum absolute atomic E-state index is 0.194. The van der Waals surface area contributed by atoms with E-state index < -0.39 is 0 Å². The number of fused-ring (bicyclic) bond motifs is 1. The number of benzene rings is 1. The lowest BCUT2D eigenvalue weighted by molar-refractivity contribution is 0.0957. The van der Waals surface area contributed by atoms with E-state index in [0.29, 0.717) is 38.4 Å². The van der Waals surface area contributed by atoms with Crippen LogP contribution in [0.4, 0.5) is 0 Å². The molecule has 0 aliphatic rings. The van der Waals surface area contributed by atoms with Crippen LogP contribution < -0.4 is 11.1 Å². The Hall–Kier alpha value is -0.520. The van der Waals surface area contributed by atoms with E-state index in [0.717, 1.165) is 17.5 Å². The van der Waals surface area contributed by atoms with Crippen molar-refractivity contribution < 1.29 is 4.79 Å². The van der Waals surface area contributed by atoms with Gasteiger partial charge in [-0.1, -0.05) is 34.8 Å². The molecule has 0 aliphatic heterocycles. The van der Waals surface area contributed by atoms with Crippen molar-refractivity contribution >= 4 is 62.1 Å². The largest absolute Gasteiger partial charge is 0.351 e. The fourth-order valence-corrected chi connectivity index (χ4v) is 4.10. The summed E-state index contributed by atoms with van der Waals surface area (Å²) in [5, 5.41) is 4.86. The van der Waals surface area contributed by atoms with E-state index >= 15 is 0 Å². The third kappa shape index (κ3) is 3.38. The van der Waals surface area contributed by atoms with Crippen LogP contribution in [0.15, 0.2) is 12.1 Å². The summed E-state index contributed by atoms with van der Waals surface area (Å²) in [6, 6.07) is 3.37. The topological polar surface area (TPSA) is 55.1 Å².